The summed E-state index contributed by atoms with van der Waals surface area (Å²) in [6, 6.07) is 0. The summed E-state index contributed by atoms with van der Waals surface area (Å²) < 4.78 is 11.7. The molecule has 3 heteroatoms. The van der Waals surface area contributed by atoms with Gasteiger partial charge in [-0.2, -0.15) is 0 Å². The zero-order chi connectivity index (χ0) is 9.19. The first-order valence-corrected chi connectivity index (χ1v) is 6.92. The van der Waals surface area contributed by atoms with E-state index in [0.29, 0.717) is 11.1 Å². The third-order valence-corrected chi connectivity index (χ3v) is 7.52. The predicted molar refractivity (Wildman–Crippen MR) is 52.5 cm³/mol. The zero-order valence-electron chi connectivity index (χ0n) is 8.59. The molecule has 0 saturated carbocycles. The van der Waals surface area contributed by atoms with Crippen LogP contribution in [0.15, 0.2) is 0 Å². The summed E-state index contributed by atoms with van der Waals surface area (Å²) in [7, 11) is -1.75. The molecule has 2 unspecified atom stereocenters. The Balaban J connectivity index is 2.57. The lowest BCUT2D eigenvalue weighted by molar-refractivity contribution is 0.138. The van der Waals surface area contributed by atoms with Crippen LogP contribution in [0.2, 0.25) is 11.1 Å². The minimum atomic E-state index is -1.75. The van der Waals surface area contributed by atoms with Crippen LogP contribution in [-0.2, 0) is 8.85 Å². The highest BCUT2D eigenvalue weighted by Gasteiger charge is 2.57. The SMILES string of the molecule is CCO[Si]1(OCC)C(C)CC1C. The van der Waals surface area contributed by atoms with Crippen molar-refractivity contribution in [3.05, 3.63) is 0 Å². The molecule has 1 heterocycles. The van der Waals surface area contributed by atoms with E-state index < -0.39 is 8.56 Å². The summed E-state index contributed by atoms with van der Waals surface area (Å²) in [6.45, 7) is 10.3. The highest BCUT2D eigenvalue weighted by molar-refractivity contribution is 6.73. The molecule has 0 aromatic carbocycles. The minimum absolute atomic E-state index is 0.687. The van der Waals surface area contributed by atoms with Crippen LogP contribution in [0.25, 0.3) is 0 Å². The molecule has 72 valence electrons. The smallest absolute Gasteiger partial charge is 0.343 e. The van der Waals surface area contributed by atoms with Gasteiger partial charge in [-0.15, -0.1) is 0 Å². The molecule has 1 saturated heterocycles. The van der Waals surface area contributed by atoms with Gasteiger partial charge in [-0.3, -0.25) is 0 Å². The average Bonchev–Trinajstić information content (AvgIpc) is 2.04. The van der Waals surface area contributed by atoms with E-state index in [1.54, 1.807) is 0 Å². The van der Waals surface area contributed by atoms with Crippen LogP contribution in [0.3, 0.4) is 0 Å². The van der Waals surface area contributed by atoms with Crippen LogP contribution in [0, 0.1) is 0 Å². The van der Waals surface area contributed by atoms with E-state index in [0.717, 1.165) is 13.2 Å². The summed E-state index contributed by atoms with van der Waals surface area (Å²) in [5.74, 6) is 0. The molecule has 1 fully saturated rings. The van der Waals surface area contributed by atoms with Crippen molar-refractivity contribution in [2.75, 3.05) is 13.2 Å². The fraction of sp³-hybridized carbons (Fsp3) is 1.00. The maximum absolute atomic E-state index is 5.85. The van der Waals surface area contributed by atoms with Crippen LogP contribution in [0.1, 0.15) is 34.1 Å². The van der Waals surface area contributed by atoms with E-state index in [1.807, 2.05) is 0 Å². The van der Waals surface area contributed by atoms with Gasteiger partial charge >= 0.3 is 8.56 Å². The van der Waals surface area contributed by atoms with E-state index in [9.17, 15) is 0 Å². The van der Waals surface area contributed by atoms with Crippen molar-refractivity contribution in [1.82, 2.24) is 0 Å². The van der Waals surface area contributed by atoms with Crippen molar-refractivity contribution in [2.24, 2.45) is 0 Å². The molecule has 0 amide bonds. The Hall–Kier alpha value is 0.137. The third kappa shape index (κ3) is 1.45. The van der Waals surface area contributed by atoms with E-state index in [4.69, 9.17) is 8.85 Å². The van der Waals surface area contributed by atoms with E-state index >= 15 is 0 Å². The van der Waals surface area contributed by atoms with Crippen molar-refractivity contribution < 1.29 is 8.85 Å². The highest BCUT2D eigenvalue weighted by Crippen LogP contribution is 2.51. The summed E-state index contributed by atoms with van der Waals surface area (Å²) in [5.41, 5.74) is 1.37. The standard InChI is InChI=1S/C9H20O2Si/c1-5-10-12(11-6-2)8(3)7-9(12)4/h8-9H,5-7H2,1-4H3. The molecule has 0 aromatic heterocycles. The van der Waals surface area contributed by atoms with Crippen molar-refractivity contribution in [3.63, 3.8) is 0 Å². The molecule has 0 aromatic rings. The van der Waals surface area contributed by atoms with E-state index in [1.165, 1.54) is 6.42 Å². The normalized spacial score (nSPS) is 33.0. The first-order chi connectivity index (χ1) is 5.67. The molecule has 0 N–H and O–H groups in total. The fourth-order valence-electron chi connectivity index (χ4n) is 2.25. The Morgan fingerprint density at radius 2 is 1.50 bits per heavy atom. The monoisotopic (exact) mass is 188 g/mol. The van der Waals surface area contributed by atoms with Gasteiger partial charge < -0.3 is 8.85 Å². The van der Waals surface area contributed by atoms with Gasteiger partial charge in [-0.1, -0.05) is 13.8 Å². The maximum atomic E-state index is 5.85. The Morgan fingerprint density at radius 1 is 1.08 bits per heavy atom. The third-order valence-electron chi connectivity index (χ3n) is 2.82. The lowest BCUT2D eigenvalue weighted by Crippen LogP contribution is -2.57. The molecule has 1 aliphatic rings. The molecule has 0 spiro atoms. The Labute approximate surface area is 76.5 Å². The van der Waals surface area contributed by atoms with Crippen molar-refractivity contribution in [2.45, 2.75) is 45.2 Å². The second kappa shape index (κ2) is 3.90. The lowest BCUT2D eigenvalue weighted by Gasteiger charge is -2.48. The molecule has 2 nitrogen and oxygen atoms in total. The second-order valence-electron chi connectivity index (χ2n) is 3.63. The van der Waals surface area contributed by atoms with Gasteiger partial charge in [-0.25, -0.2) is 0 Å². The largest absolute Gasteiger partial charge is 0.394 e. The molecule has 0 aliphatic carbocycles. The van der Waals surface area contributed by atoms with Crippen LogP contribution in [0.4, 0.5) is 0 Å². The molecule has 1 rings (SSSR count). The van der Waals surface area contributed by atoms with Crippen molar-refractivity contribution in [3.8, 4) is 0 Å². The van der Waals surface area contributed by atoms with Crippen LogP contribution >= 0.6 is 0 Å². The van der Waals surface area contributed by atoms with Crippen molar-refractivity contribution in [1.29, 1.82) is 0 Å². The Kier molecular flexibility index (Phi) is 3.32. The van der Waals surface area contributed by atoms with Crippen molar-refractivity contribution >= 4 is 8.56 Å². The van der Waals surface area contributed by atoms with Crippen LogP contribution in [-0.4, -0.2) is 21.8 Å². The number of hydrogen-bond acceptors (Lipinski definition) is 2. The van der Waals surface area contributed by atoms with Gasteiger partial charge in [0, 0.05) is 24.3 Å². The van der Waals surface area contributed by atoms with Gasteiger partial charge in [0.2, 0.25) is 0 Å². The van der Waals surface area contributed by atoms with Gasteiger partial charge in [0.05, 0.1) is 0 Å². The van der Waals surface area contributed by atoms with Gasteiger partial charge in [-0.05, 0) is 20.3 Å². The zero-order valence-corrected chi connectivity index (χ0v) is 9.59. The average molecular weight is 188 g/mol. The van der Waals surface area contributed by atoms with Gasteiger partial charge in [0.25, 0.3) is 0 Å². The summed E-state index contributed by atoms with van der Waals surface area (Å²) in [6.07, 6.45) is 1.28. The molecule has 1 aliphatic heterocycles. The molecule has 12 heavy (non-hydrogen) atoms. The summed E-state index contributed by atoms with van der Waals surface area (Å²) in [4.78, 5) is 0. The first kappa shape index (κ1) is 10.2. The first-order valence-electron chi connectivity index (χ1n) is 4.95. The molecular formula is C9H20O2Si. The maximum Gasteiger partial charge on any atom is 0.343 e. The minimum Gasteiger partial charge on any atom is -0.394 e. The van der Waals surface area contributed by atoms with E-state index in [2.05, 4.69) is 27.7 Å². The van der Waals surface area contributed by atoms with E-state index in [-0.39, 0.29) is 0 Å². The summed E-state index contributed by atoms with van der Waals surface area (Å²) in [5, 5.41) is 0. The molecule has 2 atom stereocenters. The van der Waals surface area contributed by atoms with Crippen LogP contribution < -0.4 is 0 Å². The molecular weight excluding hydrogens is 168 g/mol. The quantitative estimate of drug-likeness (QED) is 0.632. The molecule has 0 bridgehead atoms. The fourth-order valence-corrected chi connectivity index (χ4v) is 6.27. The highest BCUT2D eigenvalue weighted by atomic mass is 28.4. The Bertz CT molecular complexity index is 133. The number of hydrogen-bond donors (Lipinski definition) is 0. The van der Waals surface area contributed by atoms with Crippen LogP contribution in [0.5, 0.6) is 0 Å². The lowest BCUT2D eigenvalue weighted by atomic mass is 10.2. The second-order valence-corrected chi connectivity index (χ2v) is 7.62. The topological polar surface area (TPSA) is 18.5 Å². The summed E-state index contributed by atoms with van der Waals surface area (Å²) >= 11 is 0. The van der Waals surface area contributed by atoms with Gasteiger partial charge in [0.1, 0.15) is 0 Å². The predicted octanol–water partition coefficient (Wildman–Crippen LogP) is 2.69. The number of rotatable bonds is 4. The van der Waals surface area contributed by atoms with Gasteiger partial charge in [0.15, 0.2) is 0 Å². The Morgan fingerprint density at radius 3 is 1.75 bits per heavy atom. The molecule has 0 radical (unpaired) electrons.